The van der Waals surface area contributed by atoms with Crippen LogP contribution in [0.1, 0.15) is 0 Å². The van der Waals surface area contributed by atoms with Gasteiger partial charge in [-0.15, -0.1) is 10.4 Å². The summed E-state index contributed by atoms with van der Waals surface area (Å²) in [6.45, 7) is 2.36. The van der Waals surface area contributed by atoms with E-state index in [-0.39, 0.29) is 0 Å². The Balaban J connectivity index is 1.98. The van der Waals surface area contributed by atoms with E-state index in [4.69, 9.17) is 0 Å². The molecule has 2 heterocycles. The minimum absolute atomic E-state index is 1.13. The fourth-order valence-electron chi connectivity index (χ4n) is 0.510. The molecule has 0 aromatic rings. The van der Waals surface area contributed by atoms with Gasteiger partial charge in [0, 0.05) is 20.6 Å². The zero-order valence-electron chi connectivity index (χ0n) is 4.60. The first-order valence-electron chi connectivity index (χ1n) is 2.58. The summed E-state index contributed by atoms with van der Waals surface area (Å²) >= 11 is 0. The second-order valence-corrected chi connectivity index (χ2v) is 6.05. The van der Waals surface area contributed by atoms with Crippen molar-refractivity contribution < 1.29 is 0 Å². The predicted molar refractivity (Wildman–Crippen MR) is 39.7 cm³/mol. The van der Waals surface area contributed by atoms with Crippen LogP contribution < -0.4 is 5.53 Å². The van der Waals surface area contributed by atoms with Gasteiger partial charge in [-0.25, -0.2) is 5.01 Å². The van der Waals surface area contributed by atoms with Gasteiger partial charge in [-0.3, -0.25) is 0 Å². The van der Waals surface area contributed by atoms with Crippen LogP contribution in [0.4, 0.5) is 0 Å². The summed E-state index contributed by atoms with van der Waals surface area (Å²) in [4.78, 5) is 6.05. The van der Waals surface area contributed by atoms with Crippen molar-refractivity contribution in [2.45, 2.75) is 0 Å². The van der Waals surface area contributed by atoms with Crippen molar-refractivity contribution in [2.75, 3.05) is 13.1 Å². The zero-order valence-corrected chi connectivity index (χ0v) is 7.28. The van der Waals surface area contributed by atoms with E-state index < -0.39 is 0 Å². The molecule has 0 bridgehead atoms. The number of hydrazine groups is 2. The summed E-state index contributed by atoms with van der Waals surface area (Å²) in [6.07, 6.45) is 0. The molecule has 9 heavy (non-hydrogen) atoms. The lowest BCUT2D eigenvalue weighted by Crippen LogP contribution is -2.29. The standard InChI is InChI=1S/C2H5N4P3/c1-2-5(1)6-3-4-7-9-8-6/h3H,1-2H2. The topological polar surface area (TPSA) is 30.6 Å². The highest BCUT2D eigenvalue weighted by atomic mass is 32.2. The van der Waals surface area contributed by atoms with Crippen LogP contribution in [0.2, 0.25) is 0 Å². The Morgan fingerprint density at radius 1 is 1.44 bits per heavy atom. The molecule has 48 valence electrons. The molecule has 0 aromatic heterocycles. The summed E-state index contributed by atoms with van der Waals surface area (Å²) in [5.41, 5.74) is 2.93. The number of rotatable bonds is 1. The Labute approximate surface area is 57.8 Å². The van der Waals surface area contributed by atoms with Crippen molar-refractivity contribution in [3.05, 3.63) is 0 Å². The van der Waals surface area contributed by atoms with Gasteiger partial charge < -0.3 is 0 Å². The number of hydrogen-bond acceptors (Lipinski definition) is 4. The SMILES string of the molecule is C1CN1N1NN=PP=P1. The minimum Gasteiger partial charge on any atom is -0.216 e. The fraction of sp³-hybridized carbons (Fsp3) is 1.00. The van der Waals surface area contributed by atoms with Gasteiger partial charge in [-0.2, -0.15) is 4.85 Å². The van der Waals surface area contributed by atoms with E-state index in [1.807, 2.05) is 4.89 Å². The lowest BCUT2D eigenvalue weighted by atomic mass is 11.0. The Morgan fingerprint density at radius 2 is 2.33 bits per heavy atom. The molecule has 0 spiro atoms. The van der Waals surface area contributed by atoms with Crippen molar-refractivity contribution in [1.82, 2.24) is 15.4 Å². The van der Waals surface area contributed by atoms with E-state index in [1.165, 1.54) is 28.7 Å². The molecule has 2 aliphatic rings. The molecule has 0 radical (unpaired) electrons. The lowest BCUT2D eigenvalue weighted by molar-refractivity contribution is 0.159. The second-order valence-electron chi connectivity index (χ2n) is 1.71. The van der Waals surface area contributed by atoms with E-state index in [0.717, 1.165) is 8.06 Å². The van der Waals surface area contributed by atoms with Crippen molar-refractivity contribution in [2.24, 2.45) is 4.85 Å². The molecule has 0 saturated carbocycles. The van der Waals surface area contributed by atoms with Crippen LogP contribution in [0.15, 0.2) is 4.85 Å². The first kappa shape index (κ1) is 6.30. The largest absolute Gasteiger partial charge is 0.216 e. The summed E-state index contributed by atoms with van der Waals surface area (Å²) in [6, 6.07) is 0. The predicted octanol–water partition coefficient (Wildman–Crippen LogP) is 1.72. The van der Waals surface area contributed by atoms with Crippen molar-refractivity contribution in [1.29, 1.82) is 0 Å². The molecule has 4 nitrogen and oxygen atoms in total. The highest BCUT2D eigenvalue weighted by Gasteiger charge is 2.24. The van der Waals surface area contributed by atoms with Crippen LogP contribution in [0.5, 0.6) is 0 Å². The summed E-state index contributed by atoms with van der Waals surface area (Å²) in [5.74, 6) is 0. The molecule has 0 aliphatic carbocycles. The van der Waals surface area contributed by atoms with Crippen LogP contribution in [-0.2, 0) is 0 Å². The maximum absolute atomic E-state index is 4.01. The summed E-state index contributed by atoms with van der Waals surface area (Å²) < 4.78 is 0. The number of hydrogen-bond donors (Lipinski definition) is 1. The minimum atomic E-state index is 1.13. The summed E-state index contributed by atoms with van der Waals surface area (Å²) in [5, 5.41) is 2.22. The van der Waals surface area contributed by atoms with E-state index in [1.54, 1.807) is 0 Å². The highest BCUT2D eigenvalue weighted by molar-refractivity contribution is 8.21. The molecule has 0 aromatic carbocycles. The molecule has 0 amide bonds. The first-order valence-corrected chi connectivity index (χ1v) is 6.58. The molecule has 0 atom stereocenters. The molecular weight excluding hydrogens is 173 g/mol. The Kier molecular flexibility index (Phi) is 1.87. The molecule has 1 fully saturated rings. The molecule has 2 rings (SSSR count). The maximum atomic E-state index is 4.01. The van der Waals surface area contributed by atoms with Gasteiger partial charge in [-0.1, -0.05) is 0 Å². The number of nitrogens with zero attached hydrogens (tertiary/aromatic N) is 3. The van der Waals surface area contributed by atoms with Crippen LogP contribution in [0.3, 0.4) is 0 Å². The fourth-order valence-corrected chi connectivity index (χ4v) is 3.63. The van der Waals surface area contributed by atoms with Crippen LogP contribution >= 0.6 is 23.6 Å². The zero-order chi connectivity index (χ0) is 6.10. The van der Waals surface area contributed by atoms with Gasteiger partial charge in [0.1, 0.15) is 0 Å². The second kappa shape index (κ2) is 2.67. The maximum Gasteiger partial charge on any atom is 0.0937 e. The third-order valence-corrected chi connectivity index (χ3v) is 4.58. The molecule has 1 N–H and O–H groups in total. The van der Waals surface area contributed by atoms with Gasteiger partial charge >= 0.3 is 0 Å². The van der Waals surface area contributed by atoms with Crippen molar-refractivity contribution in [3.63, 3.8) is 0 Å². The third kappa shape index (κ3) is 1.53. The van der Waals surface area contributed by atoms with Crippen molar-refractivity contribution >= 4 is 23.6 Å². The highest BCUT2D eigenvalue weighted by Crippen LogP contribution is 2.37. The third-order valence-electron chi connectivity index (χ3n) is 1.04. The quantitative estimate of drug-likeness (QED) is 0.489. The molecule has 0 unspecified atom stereocenters. The van der Waals surface area contributed by atoms with Gasteiger partial charge in [-0.05, 0) is 0 Å². The Morgan fingerprint density at radius 3 is 2.89 bits per heavy atom. The Hall–Kier alpha value is 0.580. The lowest BCUT2D eigenvalue weighted by Gasteiger charge is -2.15. The average molecular weight is 178 g/mol. The molecular formula is C2H5N4P3. The molecule has 7 heteroatoms. The molecule has 2 aliphatic heterocycles. The number of nitrogens with one attached hydrogen (secondary N) is 1. The van der Waals surface area contributed by atoms with Gasteiger partial charge in [0.2, 0.25) is 0 Å². The van der Waals surface area contributed by atoms with Gasteiger partial charge in [0.25, 0.3) is 0 Å². The average Bonchev–Trinajstić information content (AvgIpc) is 2.71. The van der Waals surface area contributed by atoms with E-state index in [9.17, 15) is 0 Å². The monoisotopic (exact) mass is 178 g/mol. The van der Waals surface area contributed by atoms with E-state index in [0.29, 0.717) is 0 Å². The van der Waals surface area contributed by atoms with Gasteiger partial charge in [0.05, 0.1) is 16.1 Å². The summed E-state index contributed by atoms with van der Waals surface area (Å²) in [7, 11) is 3.77. The van der Waals surface area contributed by atoms with Crippen LogP contribution in [0.25, 0.3) is 0 Å². The van der Waals surface area contributed by atoms with E-state index in [2.05, 4.69) is 15.4 Å². The van der Waals surface area contributed by atoms with E-state index >= 15 is 0 Å². The Bertz CT molecular complexity index is 163. The molecule has 1 saturated heterocycles. The smallest absolute Gasteiger partial charge is 0.0937 e. The normalized spacial score (nSPS) is 32.4. The van der Waals surface area contributed by atoms with Crippen LogP contribution in [-0.4, -0.2) is 23.0 Å². The van der Waals surface area contributed by atoms with Crippen molar-refractivity contribution in [3.8, 4) is 0 Å². The first-order chi connectivity index (χ1) is 4.47. The van der Waals surface area contributed by atoms with Gasteiger partial charge in [0.15, 0.2) is 0 Å². The van der Waals surface area contributed by atoms with Crippen LogP contribution in [0, 0.1) is 0 Å².